The highest BCUT2D eigenvalue weighted by Crippen LogP contribution is 2.35. The monoisotopic (exact) mass is 429 g/mol. The fraction of sp³-hybridized carbons (Fsp3) is 0.115. The van der Waals surface area contributed by atoms with Gasteiger partial charge in [0.05, 0.1) is 0 Å². The van der Waals surface area contributed by atoms with Gasteiger partial charge in [0.15, 0.2) is 0 Å². The molecule has 1 amide bonds. The molecule has 0 unspecified atom stereocenters. The summed E-state index contributed by atoms with van der Waals surface area (Å²) < 4.78 is 0. The summed E-state index contributed by atoms with van der Waals surface area (Å²) in [4.78, 5) is 14.0. The molecule has 0 bridgehead atoms. The Morgan fingerprint density at radius 3 is 2.37 bits per heavy atom. The van der Waals surface area contributed by atoms with Gasteiger partial charge in [-0.05, 0) is 77.4 Å². The minimum atomic E-state index is -0.0781. The second kappa shape index (κ2) is 8.17. The van der Waals surface area contributed by atoms with Gasteiger partial charge in [-0.1, -0.05) is 48.0 Å². The molecule has 0 heterocycles. The lowest BCUT2D eigenvalue weighted by atomic mass is 10.0. The normalized spacial score (nSPS) is 12.3. The molecule has 1 aliphatic rings. The van der Waals surface area contributed by atoms with Gasteiger partial charge in [0, 0.05) is 32.3 Å². The van der Waals surface area contributed by atoms with E-state index in [1.165, 1.54) is 27.0 Å². The predicted octanol–water partition coefficient (Wildman–Crippen LogP) is 7.14. The molecule has 0 spiro atoms. The van der Waals surface area contributed by atoms with Crippen molar-refractivity contribution in [3.63, 3.8) is 0 Å². The molecule has 1 N–H and O–H groups in total. The predicted molar refractivity (Wildman–Crippen MR) is 127 cm³/mol. The zero-order chi connectivity index (χ0) is 20.5. The summed E-state index contributed by atoms with van der Waals surface area (Å²) in [7, 11) is 0. The Hall–Kier alpha value is -2.75. The van der Waals surface area contributed by atoms with E-state index in [-0.39, 0.29) is 5.91 Å². The molecule has 5 rings (SSSR count). The van der Waals surface area contributed by atoms with Crippen LogP contribution >= 0.6 is 23.4 Å². The van der Waals surface area contributed by atoms with Crippen molar-refractivity contribution in [2.24, 2.45) is 0 Å². The van der Waals surface area contributed by atoms with E-state index in [1.807, 2.05) is 54.6 Å². The molecule has 0 fully saturated rings. The Balaban J connectivity index is 1.29. The average molecular weight is 430 g/mol. The molecule has 4 aromatic rings. The van der Waals surface area contributed by atoms with Crippen LogP contribution in [0.5, 0.6) is 0 Å². The number of aryl methyl sites for hydroxylation is 2. The maximum atomic E-state index is 12.8. The van der Waals surface area contributed by atoms with Crippen molar-refractivity contribution in [3.05, 3.63) is 106 Å². The average Bonchev–Trinajstić information content (AvgIpc) is 3.20. The third-order valence-corrected chi connectivity index (χ3v) is 6.90. The minimum Gasteiger partial charge on any atom is -0.321 e. The number of rotatable bonds is 5. The molecule has 4 heteroatoms. The van der Waals surface area contributed by atoms with E-state index in [2.05, 4.69) is 29.6 Å². The molecule has 0 aromatic heterocycles. The van der Waals surface area contributed by atoms with Crippen LogP contribution in [-0.4, -0.2) is 5.91 Å². The van der Waals surface area contributed by atoms with Gasteiger partial charge in [0.25, 0.3) is 5.91 Å². The fourth-order valence-electron chi connectivity index (χ4n) is 4.00. The van der Waals surface area contributed by atoms with Crippen LogP contribution < -0.4 is 5.32 Å². The Morgan fingerprint density at radius 1 is 0.867 bits per heavy atom. The molecule has 2 nitrogen and oxygen atoms in total. The highest BCUT2D eigenvalue weighted by atomic mass is 35.5. The van der Waals surface area contributed by atoms with Crippen LogP contribution in [0.25, 0.3) is 10.8 Å². The number of carbonyl (C=O) groups is 1. The van der Waals surface area contributed by atoms with Gasteiger partial charge in [-0.3, -0.25) is 4.79 Å². The van der Waals surface area contributed by atoms with E-state index in [4.69, 9.17) is 11.6 Å². The van der Waals surface area contributed by atoms with Gasteiger partial charge in [0.1, 0.15) is 0 Å². The molecule has 4 aromatic carbocycles. The third-order valence-electron chi connectivity index (χ3n) is 5.56. The molecular weight excluding hydrogens is 410 g/mol. The van der Waals surface area contributed by atoms with Crippen molar-refractivity contribution in [3.8, 4) is 0 Å². The maximum absolute atomic E-state index is 12.8. The van der Waals surface area contributed by atoms with Gasteiger partial charge in [-0.25, -0.2) is 0 Å². The second-order valence-electron chi connectivity index (χ2n) is 7.51. The number of thioether (sulfide) groups is 1. The van der Waals surface area contributed by atoms with E-state index >= 15 is 0 Å². The maximum Gasteiger partial charge on any atom is 0.255 e. The van der Waals surface area contributed by atoms with Crippen molar-refractivity contribution >= 4 is 45.7 Å². The Kier molecular flexibility index (Phi) is 5.24. The number of benzene rings is 4. The summed E-state index contributed by atoms with van der Waals surface area (Å²) in [5.41, 5.74) is 5.47. The minimum absolute atomic E-state index is 0.0781. The second-order valence-corrected chi connectivity index (χ2v) is 8.99. The first-order valence-electron chi connectivity index (χ1n) is 9.99. The largest absolute Gasteiger partial charge is 0.321 e. The lowest BCUT2D eigenvalue weighted by molar-refractivity contribution is 0.102. The zero-order valence-corrected chi connectivity index (χ0v) is 17.9. The number of carbonyl (C=O) groups excluding carboxylic acids is 1. The lowest BCUT2D eigenvalue weighted by Gasteiger charge is -2.11. The molecule has 30 heavy (non-hydrogen) atoms. The molecule has 0 atom stereocenters. The molecule has 0 aliphatic heterocycles. The zero-order valence-electron chi connectivity index (χ0n) is 16.3. The van der Waals surface area contributed by atoms with Crippen molar-refractivity contribution < 1.29 is 4.79 Å². The summed E-state index contributed by atoms with van der Waals surface area (Å²) >= 11 is 7.69. The first kappa shape index (κ1) is 19.2. The molecule has 148 valence electrons. The highest BCUT2D eigenvalue weighted by Gasteiger charge is 2.17. The van der Waals surface area contributed by atoms with Crippen LogP contribution in [0.3, 0.4) is 0 Å². The third kappa shape index (κ3) is 3.83. The van der Waals surface area contributed by atoms with Crippen LogP contribution in [0.4, 0.5) is 5.69 Å². The number of hydrogen-bond donors (Lipinski definition) is 1. The van der Waals surface area contributed by atoms with Gasteiger partial charge >= 0.3 is 0 Å². The smallest absolute Gasteiger partial charge is 0.255 e. The first-order valence-corrected chi connectivity index (χ1v) is 11.4. The van der Waals surface area contributed by atoms with Crippen molar-refractivity contribution in [2.75, 3.05) is 5.32 Å². The number of halogens is 1. The van der Waals surface area contributed by atoms with Gasteiger partial charge in [-0.2, -0.15) is 0 Å². The number of amides is 1. The van der Waals surface area contributed by atoms with Crippen LogP contribution in [-0.2, 0) is 18.6 Å². The van der Waals surface area contributed by atoms with Crippen LogP contribution in [0.15, 0.2) is 83.8 Å². The summed E-state index contributed by atoms with van der Waals surface area (Å²) in [6, 6.07) is 26.2. The van der Waals surface area contributed by atoms with E-state index in [1.54, 1.807) is 11.8 Å². The molecule has 0 saturated heterocycles. The topological polar surface area (TPSA) is 29.1 Å². The van der Waals surface area contributed by atoms with Gasteiger partial charge in [-0.15, -0.1) is 11.8 Å². The summed E-state index contributed by atoms with van der Waals surface area (Å²) in [6.45, 7) is 0. The van der Waals surface area contributed by atoms with E-state index < -0.39 is 0 Å². The Morgan fingerprint density at radius 2 is 1.60 bits per heavy atom. The van der Waals surface area contributed by atoms with E-state index in [0.29, 0.717) is 5.56 Å². The van der Waals surface area contributed by atoms with E-state index in [9.17, 15) is 4.79 Å². The van der Waals surface area contributed by atoms with Crippen molar-refractivity contribution in [1.82, 2.24) is 0 Å². The molecule has 1 aliphatic carbocycles. The summed E-state index contributed by atoms with van der Waals surface area (Å²) in [5.74, 6) is 0.767. The van der Waals surface area contributed by atoms with Crippen molar-refractivity contribution in [2.45, 2.75) is 23.5 Å². The number of nitrogens with one attached hydrogen (secondary N) is 1. The number of anilines is 1. The number of hydrogen-bond acceptors (Lipinski definition) is 2. The summed E-state index contributed by atoms with van der Waals surface area (Å²) in [6.07, 6.45) is 2.17. The molecular formula is C26H20ClNOS. The quantitative estimate of drug-likeness (QED) is 0.341. The van der Waals surface area contributed by atoms with E-state index in [0.717, 1.165) is 34.7 Å². The van der Waals surface area contributed by atoms with Gasteiger partial charge in [0.2, 0.25) is 0 Å². The van der Waals surface area contributed by atoms with Gasteiger partial charge < -0.3 is 5.32 Å². The first-order chi connectivity index (χ1) is 14.7. The van der Waals surface area contributed by atoms with Crippen molar-refractivity contribution in [1.29, 1.82) is 0 Å². The van der Waals surface area contributed by atoms with Crippen LogP contribution in [0, 0.1) is 0 Å². The SMILES string of the molecule is O=C(Nc1ccc2c3c(cccc13)CC2)c1ccc(CSc2ccc(Cl)cc2)cc1. The summed E-state index contributed by atoms with van der Waals surface area (Å²) in [5, 5.41) is 6.30. The standard InChI is InChI=1S/C26H20ClNOS/c27-21-11-13-22(14-12-21)30-16-17-4-6-20(7-5-17)26(29)28-24-15-10-19-9-8-18-2-1-3-23(24)25(18)19/h1-7,10-15H,8-9,16H2,(H,28,29). The molecule has 0 saturated carbocycles. The Labute approximate surface area is 185 Å². The van der Waals surface area contributed by atoms with Crippen LogP contribution in [0.1, 0.15) is 27.0 Å². The Bertz CT molecular complexity index is 1220. The lowest BCUT2D eigenvalue weighted by Crippen LogP contribution is -2.12. The van der Waals surface area contributed by atoms with Crippen LogP contribution in [0.2, 0.25) is 5.02 Å². The highest BCUT2D eigenvalue weighted by molar-refractivity contribution is 7.98. The molecule has 0 radical (unpaired) electrons. The fourth-order valence-corrected chi connectivity index (χ4v) is 4.98.